The number of nitrogens with zero attached hydrogens (tertiary/aromatic N) is 1. The van der Waals surface area contributed by atoms with E-state index in [1.165, 1.54) is 0 Å². The second kappa shape index (κ2) is 13.4. The first kappa shape index (κ1) is 21.7. The van der Waals surface area contributed by atoms with E-state index in [4.69, 9.17) is 4.74 Å². The molecule has 0 aliphatic carbocycles. The second-order valence-electron chi connectivity index (χ2n) is 4.73. The van der Waals surface area contributed by atoms with E-state index in [0.717, 1.165) is 6.54 Å². The molecular formula is C13H29IN4O2. The molecular weight excluding hydrogens is 371 g/mol. The van der Waals surface area contributed by atoms with Crippen molar-refractivity contribution in [1.82, 2.24) is 16.0 Å². The Kier molecular flexibility index (Phi) is 14.6. The summed E-state index contributed by atoms with van der Waals surface area (Å²) in [6, 6.07) is 0.344. The van der Waals surface area contributed by atoms with Gasteiger partial charge in [-0.3, -0.25) is 9.79 Å². The second-order valence-corrected chi connectivity index (χ2v) is 4.73. The Bertz CT molecular complexity index is 286. The summed E-state index contributed by atoms with van der Waals surface area (Å²) in [4.78, 5) is 15.8. The summed E-state index contributed by atoms with van der Waals surface area (Å²) in [6.07, 6.45) is 0.396. The molecule has 3 N–H and O–H groups in total. The van der Waals surface area contributed by atoms with Crippen LogP contribution in [0.1, 0.15) is 34.1 Å². The number of carbonyl (C=O) groups excluding carboxylic acids is 1. The van der Waals surface area contributed by atoms with E-state index in [2.05, 4.69) is 20.9 Å². The Hall–Kier alpha value is -0.570. The summed E-state index contributed by atoms with van der Waals surface area (Å²) < 4.78 is 5.06. The van der Waals surface area contributed by atoms with Gasteiger partial charge >= 0.3 is 0 Å². The first-order valence-electron chi connectivity index (χ1n) is 6.82. The van der Waals surface area contributed by atoms with Gasteiger partial charge in [-0.2, -0.15) is 0 Å². The molecule has 0 saturated heterocycles. The minimum Gasteiger partial charge on any atom is -0.383 e. The van der Waals surface area contributed by atoms with Crippen molar-refractivity contribution in [3.05, 3.63) is 0 Å². The highest BCUT2D eigenvalue weighted by Gasteiger charge is 2.05. The number of nitrogens with one attached hydrogen (secondary N) is 3. The lowest BCUT2D eigenvalue weighted by Gasteiger charge is -2.17. The van der Waals surface area contributed by atoms with Crippen LogP contribution < -0.4 is 16.0 Å². The average molecular weight is 400 g/mol. The van der Waals surface area contributed by atoms with Crippen molar-refractivity contribution in [3.8, 4) is 0 Å². The van der Waals surface area contributed by atoms with Crippen molar-refractivity contribution in [1.29, 1.82) is 0 Å². The fourth-order valence-electron chi connectivity index (χ4n) is 1.51. The van der Waals surface area contributed by atoms with Crippen molar-refractivity contribution < 1.29 is 9.53 Å². The minimum absolute atomic E-state index is 0. The molecule has 0 rings (SSSR count). The lowest BCUT2D eigenvalue weighted by molar-refractivity contribution is -0.121. The summed E-state index contributed by atoms with van der Waals surface area (Å²) in [5.41, 5.74) is 0. The molecule has 0 heterocycles. The fourth-order valence-corrected chi connectivity index (χ4v) is 1.51. The molecule has 120 valence electrons. The predicted octanol–water partition coefficient (Wildman–Crippen LogP) is 1.11. The van der Waals surface area contributed by atoms with Crippen LogP contribution in [0, 0.1) is 0 Å². The summed E-state index contributed by atoms with van der Waals surface area (Å²) in [6.45, 7) is 9.76. The zero-order valence-electron chi connectivity index (χ0n) is 13.2. The number of hydrogen-bond acceptors (Lipinski definition) is 3. The van der Waals surface area contributed by atoms with Crippen LogP contribution in [-0.2, 0) is 9.53 Å². The van der Waals surface area contributed by atoms with Crippen molar-refractivity contribution in [2.24, 2.45) is 4.99 Å². The Morgan fingerprint density at radius 2 is 1.90 bits per heavy atom. The highest BCUT2D eigenvalue weighted by molar-refractivity contribution is 14.0. The van der Waals surface area contributed by atoms with Crippen molar-refractivity contribution in [2.75, 3.05) is 26.8 Å². The van der Waals surface area contributed by atoms with Crippen LogP contribution in [-0.4, -0.2) is 50.8 Å². The number of aliphatic imine (C=N–C) groups is 1. The summed E-state index contributed by atoms with van der Waals surface area (Å²) in [5, 5.41) is 9.19. The Morgan fingerprint density at radius 3 is 2.40 bits per heavy atom. The van der Waals surface area contributed by atoms with E-state index < -0.39 is 0 Å². The molecule has 0 aliphatic rings. The molecule has 1 amide bonds. The molecule has 0 aromatic carbocycles. The third kappa shape index (κ3) is 12.5. The van der Waals surface area contributed by atoms with E-state index in [-0.39, 0.29) is 42.0 Å². The van der Waals surface area contributed by atoms with Gasteiger partial charge in [0.15, 0.2) is 5.96 Å². The number of methoxy groups -OCH3 is 1. The SMILES string of the molecule is CCNC(=NCCC(=O)NC(C)C)NC(C)COC.I. The van der Waals surface area contributed by atoms with Crippen LogP contribution in [0.2, 0.25) is 0 Å². The maximum Gasteiger partial charge on any atom is 0.222 e. The smallest absolute Gasteiger partial charge is 0.222 e. The van der Waals surface area contributed by atoms with Gasteiger partial charge in [-0.05, 0) is 27.7 Å². The molecule has 0 aromatic rings. The van der Waals surface area contributed by atoms with Gasteiger partial charge in [0.1, 0.15) is 0 Å². The maximum atomic E-state index is 11.5. The van der Waals surface area contributed by atoms with Gasteiger partial charge in [0.05, 0.1) is 13.2 Å². The number of rotatable bonds is 8. The first-order valence-corrected chi connectivity index (χ1v) is 6.82. The Balaban J connectivity index is 0. The Labute approximate surface area is 139 Å². The first-order chi connectivity index (χ1) is 8.99. The summed E-state index contributed by atoms with van der Waals surface area (Å²) in [7, 11) is 1.67. The Morgan fingerprint density at radius 1 is 1.25 bits per heavy atom. The predicted molar refractivity (Wildman–Crippen MR) is 93.8 cm³/mol. The van der Waals surface area contributed by atoms with Gasteiger partial charge in [-0.1, -0.05) is 0 Å². The topological polar surface area (TPSA) is 74.8 Å². The van der Waals surface area contributed by atoms with Gasteiger partial charge in [0, 0.05) is 32.2 Å². The lowest BCUT2D eigenvalue weighted by Crippen LogP contribution is -2.44. The number of carbonyl (C=O) groups is 1. The van der Waals surface area contributed by atoms with Crippen molar-refractivity contribution in [2.45, 2.75) is 46.2 Å². The van der Waals surface area contributed by atoms with E-state index in [1.807, 2.05) is 27.7 Å². The van der Waals surface area contributed by atoms with Gasteiger partial charge in [-0.25, -0.2) is 0 Å². The lowest BCUT2D eigenvalue weighted by atomic mass is 10.3. The van der Waals surface area contributed by atoms with Crippen LogP contribution in [0.5, 0.6) is 0 Å². The summed E-state index contributed by atoms with van der Waals surface area (Å²) in [5.74, 6) is 0.740. The fraction of sp³-hybridized carbons (Fsp3) is 0.846. The van der Waals surface area contributed by atoms with Crippen LogP contribution in [0.15, 0.2) is 4.99 Å². The molecule has 1 atom stereocenters. The quantitative estimate of drug-likeness (QED) is 0.324. The standard InChI is InChI=1S/C13H28N4O2.HI/c1-6-14-13(17-11(4)9-19-5)15-8-7-12(18)16-10(2)3;/h10-11H,6-9H2,1-5H3,(H,16,18)(H2,14,15,17);1H. The molecule has 0 radical (unpaired) electrons. The number of amides is 1. The van der Waals surface area contributed by atoms with Crippen LogP contribution in [0.4, 0.5) is 0 Å². The number of hydrogen-bond donors (Lipinski definition) is 3. The molecule has 0 saturated carbocycles. The largest absolute Gasteiger partial charge is 0.383 e. The molecule has 7 heteroatoms. The van der Waals surface area contributed by atoms with E-state index >= 15 is 0 Å². The molecule has 6 nitrogen and oxygen atoms in total. The zero-order valence-corrected chi connectivity index (χ0v) is 15.5. The van der Waals surface area contributed by atoms with Crippen LogP contribution >= 0.6 is 24.0 Å². The van der Waals surface area contributed by atoms with Gasteiger partial charge in [0.25, 0.3) is 0 Å². The highest BCUT2D eigenvalue weighted by Crippen LogP contribution is 1.87. The number of ether oxygens (including phenoxy) is 1. The van der Waals surface area contributed by atoms with Crippen molar-refractivity contribution in [3.63, 3.8) is 0 Å². The van der Waals surface area contributed by atoms with E-state index in [9.17, 15) is 4.79 Å². The van der Waals surface area contributed by atoms with Gasteiger partial charge in [0.2, 0.25) is 5.91 Å². The zero-order chi connectivity index (χ0) is 14.7. The molecule has 0 spiro atoms. The average Bonchev–Trinajstić information content (AvgIpc) is 2.28. The normalized spacial score (nSPS) is 12.6. The van der Waals surface area contributed by atoms with Crippen LogP contribution in [0.25, 0.3) is 0 Å². The molecule has 1 unspecified atom stereocenters. The summed E-state index contributed by atoms with van der Waals surface area (Å²) >= 11 is 0. The molecule has 20 heavy (non-hydrogen) atoms. The highest BCUT2D eigenvalue weighted by atomic mass is 127. The van der Waals surface area contributed by atoms with E-state index in [0.29, 0.717) is 25.5 Å². The van der Waals surface area contributed by atoms with Crippen molar-refractivity contribution >= 4 is 35.8 Å². The number of guanidine groups is 1. The maximum absolute atomic E-state index is 11.5. The number of halogens is 1. The molecule has 0 aliphatic heterocycles. The van der Waals surface area contributed by atoms with Crippen LogP contribution in [0.3, 0.4) is 0 Å². The molecule has 0 fully saturated rings. The monoisotopic (exact) mass is 400 g/mol. The third-order valence-electron chi connectivity index (χ3n) is 2.20. The minimum atomic E-state index is 0. The van der Waals surface area contributed by atoms with Gasteiger partial charge in [-0.15, -0.1) is 24.0 Å². The molecule has 0 aromatic heterocycles. The molecule has 0 bridgehead atoms. The third-order valence-corrected chi connectivity index (χ3v) is 2.20. The van der Waals surface area contributed by atoms with Gasteiger partial charge < -0.3 is 20.7 Å². The van der Waals surface area contributed by atoms with E-state index in [1.54, 1.807) is 7.11 Å².